The van der Waals surface area contributed by atoms with Gasteiger partial charge in [0, 0.05) is 37.3 Å². The van der Waals surface area contributed by atoms with Gasteiger partial charge in [-0.2, -0.15) is 0 Å². The van der Waals surface area contributed by atoms with Crippen molar-refractivity contribution in [3.05, 3.63) is 66.7 Å². The fraction of sp³-hybridized carbons (Fsp3) is 0.227. The molecule has 0 spiro atoms. The first-order chi connectivity index (χ1) is 15.4. The Hall–Kier alpha value is -3.24. The van der Waals surface area contributed by atoms with Crippen LogP contribution in [-0.2, 0) is 16.4 Å². The van der Waals surface area contributed by atoms with Crippen LogP contribution in [0.15, 0.2) is 66.1 Å². The zero-order chi connectivity index (χ0) is 22.7. The molecule has 0 N–H and O–H groups in total. The molecule has 1 amide bonds. The van der Waals surface area contributed by atoms with Crippen molar-refractivity contribution < 1.29 is 17.9 Å². The number of hydrogen-bond acceptors (Lipinski definition) is 7. The minimum absolute atomic E-state index is 0.104. The van der Waals surface area contributed by atoms with E-state index in [4.69, 9.17) is 4.74 Å². The van der Waals surface area contributed by atoms with Gasteiger partial charge >= 0.3 is 0 Å². The summed E-state index contributed by atoms with van der Waals surface area (Å²) in [6.45, 7) is 1.09. The van der Waals surface area contributed by atoms with Gasteiger partial charge < -0.3 is 9.30 Å². The van der Waals surface area contributed by atoms with E-state index >= 15 is 0 Å². The summed E-state index contributed by atoms with van der Waals surface area (Å²) in [7, 11) is -1.85. The van der Waals surface area contributed by atoms with E-state index in [0.717, 1.165) is 11.0 Å². The highest BCUT2D eigenvalue weighted by Gasteiger charge is 2.23. The van der Waals surface area contributed by atoms with E-state index in [1.165, 1.54) is 23.5 Å². The van der Waals surface area contributed by atoms with E-state index in [9.17, 15) is 13.2 Å². The summed E-state index contributed by atoms with van der Waals surface area (Å²) < 4.78 is 32.2. The van der Waals surface area contributed by atoms with Crippen LogP contribution in [0.3, 0.4) is 0 Å². The molecular weight excluding hydrogens is 448 g/mol. The molecule has 8 nitrogen and oxygen atoms in total. The minimum atomic E-state index is -3.44. The first kappa shape index (κ1) is 22.0. The maximum Gasteiger partial charge on any atom is 0.260 e. The summed E-state index contributed by atoms with van der Waals surface area (Å²) in [5, 5.41) is 0.532. The summed E-state index contributed by atoms with van der Waals surface area (Å²) in [6.07, 6.45) is 7.09. The molecule has 0 radical (unpaired) electrons. The molecule has 0 bridgehead atoms. The smallest absolute Gasteiger partial charge is 0.260 e. The maximum absolute atomic E-state index is 13.5. The Morgan fingerprint density at radius 1 is 1.22 bits per heavy atom. The SMILES string of the molecule is COc1cccc2sc(N(CCCn3ccnc3)C(=O)c3cccc(S(C)(=O)=O)c3)nc12. The van der Waals surface area contributed by atoms with Crippen LogP contribution in [0.4, 0.5) is 5.13 Å². The number of aryl methyl sites for hydroxylation is 1. The number of para-hydroxylation sites is 1. The zero-order valence-corrected chi connectivity index (χ0v) is 19.3. The van der Waals surface area contributed by atoms with Crippen LogP contribution >= 0.6 is 11.3 Å². The van der Waals surface area contributed by atoms with Crippen LogP contribution in [0.25, 0.3) is 10.2 Å². The van der Waals surface area contributed by atoms with E-state index in [2.05, 4.69) is 9.97 Å². The Balaban J connectivity index is 1.69. The third-order valence-corrected chi connectivity index (χ3v) is 7.09. The number of carbonyl (C=O) groups excluding carboxylic acids is 1. The molecule has 2 heterocycles. The first-order valence-electron chi connectivity index (χ1n) is 9.88. The molecule has 10 heteroatoms. The number of ether oxygens (including phenoxy) is 1. The summed E-state index contributed by atoms with van der Waals surface area (Å²) in [5.74, 6) is 0.328. The average molecular weight is 471 g/mol. The second-order valence-corrected chi connectivity index (χ2v) is 10.2. The molecule has 2 aromatic heterocycles. The lowest BCUT2D eigenvalue weighted by atomic mass is 10.2. The van der Waals surface area contributed by atoms with Gasteiger partial charge in [-0.3, -0.25) is 9.69 Å². The van der Waals surface area contributed by atoms with Crippen molar-refractivity contribution in [2.75, 3.05) is 24.8 Å². The Morgan fingerprint density at radius 3 is 2.75 bits per heavy atom. The van der Waals surface area contributed by atoms with E-state index in [1.807, 2.05) is 29.0 Å². The Labute approximate surface area is 190 Å². The molecule has 0 unspecified atom stereocenters. The lowest BCUT2D eigenvalue weighted by Gasteiger charge is -2.20. The van der Waals surface area contributed by atoms with Gasteiger partial charge in [0.15, 0.2) is 15.0 Å². The second kappa shape index (κ2) is 9.09. The average Bonchev–Trinajstić information content (AvgIpc) is 3.45. The molecule has 32 heavy (non-hydrogen) atoms. The Kier molecular flexibility index (Phi) is 6.24. The van der Waals surface area contributed by atoms with E-state index in [-0.39, 0.29) is 10.8 Å². The molecular formula is C22H22N4O4S2. The number of methoxy groups -OCH3 is 1. The Morgan fingerprint density at radius 2 is 2.03 bits per heavy atom. The summed E-state index contributed by atoms with van der Waals surface area (Å²) in [4.78, 5) is 23.9. The van der Waals surface area contributed by atoms with Crippen LogP contribution in [0.1, 0.15) is 16.8 Å². The van der Waals surface area contributed by atoms with Crippen LogP contribution in [0.2, 0.25) is 0 Å². The second-order valence-electron chi connectivity index (χ2n) is 7.21. The lowest BCUT2D eigenvalue weighted by Crippen LogP contribution is -2.32. The maximum atomic E-state index is 13.5. The van der Waals surface area contributed by atoms with Gasteiger partial charge in [-0.25, -0.2) is 18.4 Å². The predicted octanol–water partition coefficient (Wildman–Crippen LogP) is 3.64. The molecule has 0 saturated heterocycles. The number of imidazole rings is 1. The van der Waals surface area contributed by atoms with Crippen molar-refractivity contribution >= 4 is 42.4 Å². The number of anilines is 1. The summed E-state index contributed by atoms with van der Waals surface area (Å²) >= 11 is 1.39. The largest absolute Gasteiger partial charge is 0.494 e. The van der Waals surface area contributed by atoms with E-state index in [1.54, 1.807) is 36.7 Å². The molecule has 0 saturated carbocycles. The first-order valence-corrected chi connectivity index (χ1v) is 12.6. The number of fused-ring (bicyclic) bond motifs is 1. The van der Waals surface area contributed by atoms with Crippen LogP contribution in [0, 0.1) is 0 Å². The quantitative estimate of drug-likeness (QED) is 0.390. The Bertz CT molecular complexity index is 1350. The van der Waals surface area contributed by atoms with Crippen molar-refractivity contribution in [2.24, 2.45) is 0 Å². The van der Waals surface area contributed by atoms with Gasteiger partial charge in [0.05, 0.1) is 23.0 Å². The van der Waals surface area contributed by atoms with Gasteiger partial charge in [0.25, 0.3) is 5.91 Å². The number of thiazole rings is 1. The number of hydrogen-bond donors (Lipinski definition) is 0. The normalized spacial score (nSPS) is 11.6. The highest BCUT2D eigenvalue weighted by molar-refractivity contribution is 7.90. The third-order valence-electron chi connectivity index (χ3n) is 4.93. The topological polar surface area (TPSA) is 94.4 Å². The zero-order valence-electron chi connectivity index (χ0n) is 17.6. The molecule has 2 aromatic carbocycles. The summed E-state index contributed by atoms with van der Waals surface area (Å²) in [6, 6.07) is 11.7. The van der Waals surface area contributed by atoms with Gasteiger partial charge in [-0.1, -0.05) is 23.5 Å². The fourth-order valence-corrected chi connectivity index (χ4v) is 5.00. The standard InChI is InChI=1S/C22H22N4O4S2/c1-30-18-8-4-9-19-20(18)24-22(31-19)26(12-5-11-25-13-10-23-15-25)21(27)16-6-3-7-17(14-16)32(2,28)29/h3-4,6-10,13-15H,5,11-12H2,1-2H3. The van der Waals surface area contributed by atoms with Crippen molar-refractivity contribution in [1.29, 1.82) is 0 Å². The molecule has 0 fully saturated rings. The van der Waals surface area contributed by atoms with Gasteiger partial charge in [-0.15, -0.1) is 0 Å². The monoisotopic (exact) mass is 470 g/mol. The highest BCUT2D eigenvalue weighted by Crippen LogP contribution is 2.34. The molecule has 4 aromatic rings. The molecule has 166 valence electrons. The van der Waals surface area contributed by atoms with Crippen molar-refractivity contribution in [1.82, 2.24) is 14.5 Å². The molecule has 0 atom stereocenters. The highest BCUT2D eigenvalue weighted by atomic mass is 32.2. The molecule has 0 aliphatic heterocycles. The lowest BCUT2D eigenvalue weighted by molar-refractivity contribution is 0.0986. The van der Waals surface area contributed by atoms with Crippen LogP contribution in [0.5, 0.6) is 5.75 Å². The number of aromatic nitrogens is 3. The number of sulfone groups is 1. The van der Waals surface area contributed by atoms with Gasteiger partial charge in [0.1, 0.15) is 11.3 Å². The molecule has 4 rings (SSSR count). The van der Waals surface area contributed by atoms with Crippen LogP contribution in [-0.4, -0.2) is 48.8 Å². The number of amides is 1. The number of nitrogens with zero attached hydrogens (tertiary/aromatic N) is 4. The predicted molar refractivity (Wildman–Crippen MR) is 124 cm³/mol. The number of benzene rings is 2. The minimum Gasteiger partial charge on any atom is -0.494 e. The van der Waals surface area contributed by atoms with Crippen molar-refractivity contribution in [3.63, 3.8) is 0 Å². The molecule has 0 aliphatic carbocycles. The fourth-order valence-electron chi connectivity index (χ4n) is 3.32. The van der Waals surface area contributed by atoms with E-state index in [0.29, 0.717) is 41.5 Å². The molecule has 0 aliphatic rings. The number of rotatable bonds is 8. The summed E-state index contributed by atoms with van der Waals surface area (Å²) in [5.41, 5.74) is 0.981. The van der Waals surface area contributed by atoms with E-state index < -0.39 is 9.84 Å². The van der Waals surface area contributed by atoms with Crippen molar-refractivity contribution in [3.8, 4) is 5.75 Å². The number of carbonyl (C=O) groups is 1. The van der Waals surface area contributed by atoms with Crippen LogP contribution < -0.4 is 9.64 Å². The van der Waals surface area contributed by atoms with Gasteiger partial charge in [-0.05, 0) is 36.8 Å². The van der Waals surface area contributed by atoms with Crippen molar-refractivity contribution in [2.45, 2.75) is 17.9 Å². The van der Waals surface area contributed by atoms with Gasteiger partial charge in [0.2, 0.25) is 0 Å². The third kappa shape index (κ3) is 4.66.